The first-order valence-electron chi connectivity index (χ1n) is 5.43. The number of nitrogens with one attached hydrogen (secondary N) is 1. The molecule has 0 radical (unpaired) electrons. The highest BCUT2D eigenvalue weighted by Gasteiger charge is 2.18. The molecule has 19 heavy (non-hydrogen) atoms. The molecular formula is C13H11BrFNO2S. The first-order chi connectivity index (χ1) is 8.90. The Morgan fingerprint density at radius 2 is 1.84 bits per heavy atom. The first kappa shape index (κ1) is 14.0. The van der Waals surface area contributed by atoms with Crippen LogP contribution in [0.4, 0.5) is 10.1 Å². The minimum absolute atomic E-state index is 0.0648. The maximum Gasteiger partial charge on any atom is 0.263 e. The number of aryl methyl sites for hydroxylation is 1. The molecule has 0 saturated heterocycles. The number of hydrogen-bond acceptors (Lipinski definition) is 2. The van der Waals surface area contributed by atoms with Crippen LogP contribution in [0.2, 0.25) is 0 Å². The van der Waals surface area contributed by atoms with E-state index < -0.39 is 15.8 Å². The molecule has 0 bridgehead atoms. The minimum atomic E-state index is -3.82. The molecule has 0 heterocycles. The third-order valence-electron chi connectivity index (χ3n) is 2.50. The SMILES string of the molecule is Cc1ccc(NS(=O)(=O)c2ccccc2Br)c(F)c1. The molecule has 0 unspecified atom stereocenters. The summed E-state index contributed by atoms with van der Waals surface area (Å²) < 4.78 is 40.6. The van der Waals surface area contributed by atoms with Gasteiger partial charge >= 0.3 is 0 Å². The van der Waals surface area contributed by atoms with Crippen LogP contribution in [-0.4, -0.2) is 8.42 Å². The molecule has 0 amide bonds. The van der Waals surface area contributed by atoms with Crippen LogP contribution in [0.15, 0.2) is 51.8 Å². The van der Waals surface area contributed by atoms with Gasteiger partial charge in [-0.1, -0.05) is 18.2 Å². The van der Waals surface area contributed by atoms with E-state index in [1.807, 2.05) is 0 Å². The summed E-state index contributed by atoms with van der Waals surface area (Å²) in [5.74, 6) is -0.601. The third kappa shape index (κ3) is 3.13. The van der Waals surface area contributed by atoms with E-state index in [4.69, 9.17) is 0 Å². The van der Waals surface area contributed by atoms with Crippen LogP contribution in [0.25, 0.3) is 0 Å². The Labute approximate surface area is 119 Å². The summed E-state index contributed by atoms with van der Waals surface area (Å²) in [7, 11) is -3.82. The van der Waals surface area contributed by atoms with Crippen molar-refractivity contribution in [2.75, 3.05) is 4.72 Å². The fourth-order valence-electron chi connectivity index (χ4n) is 1.57. The second-order valence-electron chi connectivity index (χ2n) is 4.02. The van der Waals surface area contributed by atoms with Crippen molar-refractivity contribution in [3.8, 4) is 0 Å². The van der Waals surface area contributed by atoms with Gasteiger partial charge in [0.05, 0.1) is 5.69 Å². The van der Waals surface area contributed by atoms with Crippen molar-refractivity contribution >= 4 is 31.6 Å². The van der Waals surface area contributed by atoms with Gasteiger partial charge in [0.15, 0.2) is 0 Å². The van der Waals surface area contributed by atoms with Gasteiger partial charge in [0.1, 0.15) is 10.7 Å². The summed E-state index contributed by atoms with van der Waals surface area (Å²) in [5.41, 5.74) is 0.655. The molecule has 0 saturated carbocycles. The number of rotatable bonds is 3. The van der Waals surface area contributed by atoms with Crippen molar-refractivity contribution in [1.29, 1.82) is 0 Å². The number of sulfonamides is 1. The molecule has 0 aromatic heterocycles. The zero-order valence-electron chi connectivity index (χ0n) is 10.0. The van der Waals surface area contributed by atoms with Crippen LogP contribution in [0, 0.1) is 12.7 Å². The van der Waals surface area contributed by atoms with Gasteiger partial charge in [-0.2, -0.15) is 0 Å². The van der Waals surface area contributed by atoms with Crippen LogP contribution in [0.3, 0.4) is 0 Å². The predicted molar refractivity (Wildman–Crippen MR) is 76.1 cm³/mol. The predicted octanol–water partition coefficient (Wildman–Crippen LogP) is 3.70. The molecule has 2 aromatic carbocycles. The number of benzene rings is 2. The average molecular weight is 344 g/mol. The first-order valence-corrected chi connectivity index (χ1v) is 7.71. The third-order valence-corrected chi connectivity index (χ3v) is 4.87. The number of anilines is 1. The summed E-state index contributed by atoms with van der Waals surface area (Å²) in [5, 5.41) is 0. The molecule has 1 N–H and O–H groups in total. The summed E-state index contributed by atoms with van der Waals surface area (Å²) >= 11 is 3.16. The Hall–Kier alpha value is -1.40. The van der Waals surface area contributed by atoms with Crippen LogP contribution >= 0.6 is 15.9 Å². The molecule has 3 nitrogen and oxygen atoms in total. The topological polar surface area (TPSA) is 46.2 Å². The van der Waals surface area contributed by atoms with E-state index in [0.717, 1.165) is 5.56 Å². The molecule has 0 aliphatic heterocycles. The smallest absolute Gasteiger partial charge is 0.263 e. The molecule has 0 aliphatic rings. The van der Waals surface area contributed by atoms with Gasteiger partial charge in [-0.15, -0.1) is 0 Å². The zero-order chi connectivity index (χ0) is 14.0. The average Bonchev–Trinajstić information content (AvgIpc) is 2.33. The van der Waals surface area contributed by atoms with E-state index in [2.05, 4.69) is 20.7 Å². The fourth-order valence-corrected chi connectivity index (χ4v) is 3.64. The van der Waals surface area contributed by atoms with Crippen molar-refractivity contribution in [2.24, 2.45) is 0 Å². The van der Waals surface area contributed by atoms with Gasteiger partial charge in [0.25, 0.3) is 10.0 Å². The number of hydrogen-bond donors (Lipinski definition) is 1. The Balaban J connectivity index is 2.40. The van der Waals surface area contributed by atoms with E-state index in [-0.39, 0.29) is 10.6 Å². The summed E-state index contributed by atoms with van der Waals surface area (Å²) in [4.78, 5) is 0.0648. The number of halogens is 2. The Morgan fingerprint density at radius 3 is 2.47 bits per heavy atom. The summed E-state index contributed by atoms with van der Waals surface area (Å²) in [6.07, 6.45) is 0. The lowest BCUT2D eigenvalue weighted by Gasteiger charge is -2.10. The zero-order valence-corrected chi connectivity index (χ0v) is 12.4. The van der Waals surface area contributed by atoms with Crippen LogP contribution in [-0.2, 0) is 10.0 Å². The maximum absolute atomic E-state index is 13.7. The molecular weight excluding hydrogens is 333 g/mol. The Bertz CT molecular complexity index is 716. The molecule has 2 aromatic rings. The van der Waals surface area contributed by atoms with Gasteiger partial charge in [0.2, 0.25) is 0 Å². The lowest BCUT2D eigenvalue weighted by molar-refractivity contribution is 0.598. The van der Waals surface area contributed by atoms with E-state index >= 15 is 0 Å². The van der Waals surface area contributed by atoms with E-state index in [0.29, 0.717) is 4.47 Å². The minimum Gasteiger partial charge on any atom is -0.277 e. The molecule has 100 valence electrons. The van der Waals surface area contributed by atoms with Crippen LogP contribution < -0.4 is 4.72 Å². The van der Waals surface area contributed by atoms with Crippen molar-refractivity contribution < 1.29 is 12.8 Å². The van der Waals surface area contributed by atoms with Crippen molar-refractivity contribution in [2.45, 2.75) is 11.8 Å². The molecule has 2 rings (SSSR count). The summed E-state index contributed by atoms with van der Waals surface area (Å²) in [6.45, 7) is 1.73. The Morgan fingerprint density at radius 1 is 1.16 bits per heavy atom. The highest BCUT2D eigenvalue weighted by atomic mass is 79.9. The molecule has 0 aliphatic carbocycles. The van der Waals surface area contributed by atoms with Crippen LogP contribution in [0.5, 0.6) is 0 Å². The quantitative estimate of drug-likeness (QED) is 0.923. The van der Waals surface area contributed by atoms with Gasteiger partial charge in [0, 0.05) is 4.47 Å². The van der Waals surface area contributed by atoms with E-state index in [1.54, 1.807) is 31.2 Å². The van der Waals surface area contributed by atoms with Gasteiger partial charge < -0.3 is 0 Å². The second kappa shape index (κ2) is 5.30. The van der Waals surface area contributed by atoms with Gasteiger partial charge in [-0.05, 0) is 52.7 Å². The van der Waals surface area contributed by atoms with Crippen molar-refractivity contribution in [3.63, 3.8) is 0 Å². The standard InChI is InChI=1S/C13H11BrFNO2S/c1-9-6-7-12(11(15)8-9)16-19(17,18)13-5-3-2-4-10(13)14/h2-8,16H,1H3. The maximum atomic E-state index is 13.7. The normalized spacial score (nSPS) is 11.3. The highest BCUT2D eigenvalue weighted by Crippen LogP contribution is 2.25. The van der Waals surface area contributed by atoms with E-state index in [1.165, 1.54) is 18.2 Å². The largest absolute Gasteiger partial charge is 0.277 e. The van der Waals surface area contributed by atoms with Crippen LogP contribution in [0.1, 0.15) is 5.56 Å². The lowest BCUT2D eigenvalue weighted by atomic mass is 10.2. The fraction of sp³-hybridized carbons (Fsp3) is 0.0769. The van der Waals surface area contributed by atoms with Gasteiger partial charge in [-0.25, -0.2) is 12.8 Å². The molecule has 0 spiro atoms. The monoisotopic (exact) mass is 343 g/mol. The molecule has 6 heteroatoms. The van der Waals surface area contributed by atoms with Crippen molar-refractivity contribution in [3.05, 3.63) is 58.3 Å². The van der Waals surface area contributed by atoms with Gasteiger partial charge in [-0.3, -0.25) is 4.72 Å². The highest BCUT2D eigenvalue weighted by molar-refractivity contribution is 9.10. The second-order valence-corrected chi connectivity index (χ2v) is 6.52. The lowest BCUT2D eigenvalue weighted by Crippen LogP contribution is -2.14. The van der Waals surface area contributed by atoms with E-state index in [9.17, 15) is 12.8 Å². The summed E-state index contributed by atoms with van der Waals surface area (Å²) in [6, 6.07) is 10.7. The molecule has 0 fully saturated rings. The Kier molecular flexibility index (Phi) is 3.91. The van der Waals surface area contributed by atoms with Crippen molar-refractivity contribution in [1.82, 2.24) is 0 Å². The molecule has 0 atom stereocenters.